The van der Waals surface area contributed by atoms with E-state index in [0.29, 0.717) is 12.1 Å². The van der Waals surface area contributed by atoms with Gasteiger partial charge in [-0.25, -0.2) is 4.99 Å². The Labute approximate surface area is 151 Å². The molecule has 0 amide bonds. The van der Waals surface area contributed by atoms with Gasteiger partial charge in [0.15, 0.2) is 5.96 Å². The molecular weight excluding hydrogens is 422 g/mol. The van der Waals surface area contributed by atoms with Crippen molar-refractivity contribution in [3.05, 3.63) is 35.4 Å². The number of ether oxygens (including phenoxy) is 1. The molecule has 0 unspecified atom stereocenters. The van der Waals surface area contributed by atoms with Crippen molar-refractivity contribution in [1.82, 2.24) is 10.6 Å². The first-order chi connectivity index (χ1) is 10.4. The highest BCUT2D eigenvalue weighted by molar-refractivity contribution is 14.0. The molecular formula is C15H23F3IN3O. The van der Waals surface area contributed by atoms with Gasteiger partial charge in [0, 0.05) is 13.1 Å². The second-order valence-electron chi connectivity index (χ2n) is 4.65. The zero-order chi connectivity index (χ0) is 16.4. The van der Waals surface area contributed by atoms with Crippen LogP contribution in [-0.4, -0.2) is 31.8 Å². The van der Waals surface area contributed by atoms with Crippen LogP contribution in [0.1, 0.15) is 25.0 Å². The molecule has 23 heavy (non-hydrogen) atoms. The van der Waals surface area contributed by atoms with E-state index in [9.17, 15) is 13.2 Å². The fraction of sp³-hybridized carbons (Fsp3) is 0.533. The van der Waals surface area contributed by atoms with Gasteiger partial charge in [0.2, 0.25) is 0 Å². The first-order valence-electron chi connectivity index (χ1n) is 7.19. The van der Waals surface area contributed by atoms with Crippen LogP contribution < -0.4 is 10.6 Å². The van der Waals surface area contributed by atoms with Gasteiger partial charge in [-0.2, -0.15) is 13.2 Å². The predicted molar refractivity (Wildman–Crippen MR) is 96.1 cm³/mol. The number of aliphatic imine (C=N–C) groups is 1. The van der Waals surface area contributed by atoms with Crippen LogP contribution in [-0.2, 0) is 17.9 Å². The second-order valence-corrected chi connectivity index (χ2v) is 4.65. The number of guanidine groups is 1. The van der Waals surface area contributed by atoms with Crippen molar-refractivity contribution in [2.45, 2.75) is 33.2 Å². The monoisotopic (exact) mass is 445 g/mol. The van der Waals surface area contributed by atoms with Crippen molar-refractivity contribution < 1.29 is 17.9 Å². The molecule has 0 radical (unpaired) electrons. The van der Waals surface area contributed by atoms with E-state index in [4.69, 9.17) is 0 Å². The highest BCUT2D eigenvalue weighted by atomic mass is 127. The molecule has 0 atom stereocenters. The first kappa shape index (κ1) is 22.0. The Kier molecular flexibility index (Phi) is 11.0. The maximum atomic E-state index is 12.0. The van der Waals surface area contributed by atoms with E-state index in [1.165, 1.54) is 0 Å². The maximum absolute atomic E-state index is 12.0. The standard InChI is InChI=1S/C15H22F3N3O.HI/c1-3-19-14(20-4-2)21-9-12-5-7-13(8-6-12)10-22-11-15(16,17)18;/h5-8H,3-4,9-11H2,1-2H3,(H2,19,20,21);1H. The molecule has 0 saturated heterocycles. The normalized spacial score (nSPS) is 10.7. The summed E-state index contributed by atoms with van der Waals surface area (Å²) in [7, 11) is 0. The number of nitrogens with zero attached hydrogens (tertiary/aromatic N) is 1. The highest BCUT2D eigenvalue weighted by Gasteiger charge is 2.27. The fourth-order valence-corrected chi connectivity index (χ4v) is 1.71. The van der Waals surface area contributed by atoms with Crippen molar-refractivity contribution >= 4 is 29.9 Å². The van der Waals surface area contributed by atoms with E-state index < -0.39 is 12.8 Å². The van der Waals surface area contributed by atoms with Gasteiger partial charge >= 0.3 is 6.18 Å². The summed E-state index contributed by atoms with van der Waals surface area (Å²) in [5.41, 5.74) is 1.68. The molecule has 0 saturated carbocycles. The summed E-state index contributed by atoms with van der Waals surface area (Å²) in [5.74, 6) is 0.739. The Morgan fingerprint density at radius 2 is 1.57 bits per heavy atom. The quantitative estimate of drug-likeness (QED) is 0.384. The minimum absolute atomic E-state index is 0. The molecule has 1 aromatic carbocycles. The van der Waals surface area contributed by atoms with E-state index >= 15 is 0 Å². The summed E-state index contributed by atoms with van der Waals surface area (Å²) in [4.78, 5) is 4.41. The minimum atomic E-state index is -4.29. The second kappa shape index (κ2) is 11.5. The number of hydrogen-bond donors (Lipinski definition) is 2. The van der Waals surface area contributed by atoms with E-state index in [1.807, 2.05) is 26.0 Å². The number of benzene rings is 1. The van der Waals surface area contributed by atoms with Crippen LogP contribution in [0.3, 0.4) is 0 Å². The minimum Gasteiger partial charge on any atom is -0.367 e. The molecule has 2 N–H and O–H groups in total. The maximum Gasteiger partial charge on any atom is 0.411 e. The summed E-state index contributed by atoms with van der Waals surface area (Å²) < 4.78 is 40.5. The molecule has 0 aliphatic rings. The summed E-state index contributed by atoms with van der Waals surface area (Å²) in [6.45, 7) is 4.75. The molecule has 0 aromatic heterocycles. The van der Waals surface area contributed by atoms with Crippen molar-refractivity contribution in [3.63, 3.8) is 0 Å². The van der Waals surface area contributed by atoms with Gasteiger partial charge in [-0.05, 0) is 25.0 Å². The van der Waals surface area contributed by atoms with Gasteiger partial charge in [0.05, 0.1) is 13.2 Å². The molecule has 8 heteroatoms. The topological polar surface area (TPSA) is 45.7 Å². The van der Waals surface area contributed by atoms with Crippen molar-refractivity contribution in [2.24, 2.45) is 4.99 Å². The summed E-state index contributed by atoms with van der Waals surface area (Å²) in [6, 6.07) is 7.18. The number of rotatable bonds is 7. The molecule has 0 aliphatic heterocycles. The Bertz CT molecular complexity index is 456. The lowest BCUT2D eigenvalue weighted by atomic mass is 10.1. The molecule has 0 aliphatic carbocycles. The van der Waals surface area contributed by atoms with Gasteiger partial charge < -0.3 is 15.4 Å². The van der Waals surface area contributed by atoms with Gasteiger partial charge in [-0.3, -0.25) is 0 Å². The summed E-state index contributed by atoms with van der Waals surface area (Å²) in [6.07, 6.45) is -4.29. The molecule has 1 aromatic rings. The average Bonchev–Trinajstić information content (AvgIpc) is 2.45. The summed E-state index contributed by atoms with van der Waals surface area (Å²) in [5, 5.41) is 6.24. The van der Waals surface area contributed by atoms with Crippen LogP contribution in [0.15, 0.2) is 29.3 Å². The van der Waals surface area contributed by atoms with Crippen LogP contribution in [0.25, 0.3) is 0 Å². The summed E-state index contributed by atoms with van der Waals surface area (Å²) >= 11 is 0. The average molecular weight is 445 g/mol. The molecule has 0 spiro atoms. The van der Waals surface area contributed by atoms with Crippen LogP contribution in [0.4, 0.5) is 13.2 Å². The SMILES string of the molecule is CCNC(=NCc1ccc(COCC(F)(F)F)cc1)NCC.I. The third-order valence-electron chi connectivity index (χ3n) is 2.67. The Morgan fingerprint density at radius 1 is 1.04 bits per heavy atom. The third kappa shape index (κ3) is 10.4. The lowest BCUT2D eigenvalue weighted by molar-refractivity contribution is -0.176. The number of alkyl halides is 3. The zero-order valence-corrected chi connectivity index (χ0v) is 15.6. The Balaban J connectivity index is 0.00000484. The first-order valence-corrected chi connectivity index (χ1v) is 7.19. The van der Waals surface area contributed by atoms with Crippen LogP contribution >= 0.6 is 24.0 Å². The molecule has 0 fully saturated rings. The molecule has 1 rings (SSSR count). The molecule has 132 valence electrons. The zero-order valence-electron chi connectivity index (χ0n) is 13.2. The van der Waals surface area contributed by atoms with Crippen molar-refractivity contribution in [3.8, 4) is 0 Å². The van der Waals surface area contributed by atoms with Gasteiger partial charge in [0.25, 0.3) is 0 Å². The van der Waals surface area contributed by atoms with Crippen molar-refractivity contribution in [1.29, 1.82) is 0 Å². The van der Waals surface area contributed by atoms with Crippen LogP contribution in [0.5, 0.6) is 0 Å². The number of nitrogens with one attached hydrogen (secondary N) is 2. The largest absolute Gasteiger partial charge is 0.411 e. The van der Waals surface area contributed by atoms with E-state index in [0.717, 1.165) is 24.6 Å². The van der Waals surface area contributed by atoms with Gasteiger partial charge in [0.1, 0.15) is 6.61 Å². The smallest absolute Gasteiger partial charge is 0.367 e. The van der Waals surface area contributed by atoms with E-state index in [2.05, 4.69) is 20.4 Å². The molecule has 4 nitrogen and oxygen atoms in total. The fourth-order valence-electron chi connectivity index (χ4n) is 1.71. The van der Waals surface area contributed by atoms with Gasteiger partial charge in [-0.15, -0.1) is 24.0 Å². The van der Waals surface area contributed by atoms with E-state index in [1.54, 1.807) is 12.1 Å². The molecule has 0 heterocycles. The van der Waals surface area contributed by atoms with Crippen LogP contribution in [0.2, 0.25) is 0 Å². The Hall–Kier alpha value is -1.03. The lowest BCUT2D eigenvalue weighted by Crippen LogP contribution is -2.36. The molecule has 0 bridgehead atoms. The highest BCUT2D eigenvalue weighted by Crippen LogP contribution is 2.15. The lowest BCUT2D eigenvalue weighted by Gasteiger charge is -2.09. The van der Waals surface area contributed by atoms with Crippen molar-refractivity contribution in [2.75, 3.05) is 19.7 Å². The van der Waals surface area contributed by atoms with Gasteiger partial charge in [-0.1, -0.05) is 24.3 Å². The van der Waals surface area contributed by atoms with Crippen LogP contribution in [0, 0.1) is 0 Å². The number of halogens is 4. The number of hydrogen-bond acceptors (Lipinski definition) is 2. The van der Waals surface area contributed by atoms with E-state index in [-0.39, 0.29) is 30.6 Å². The third-order valence-corrected chi connectivity index (χ3v) is 2.67. The predicted octanol–water partition coefficient (Wildman–Crippen LogP) is 3.46. The Morgan fingerprint density at radius 3 is 2.04 bits per heavy atom.